The normalized spacial score (nSPS) is 17.3. The third-order valence-corrected chi connectivity index (χ3v) is 4.49. The summed E-state index contributed by atoms with van der Waals surface area (Å²) in [5.41, 5.74) is 0.307. The van der Waals surface area contributed by atoms with E-state index < -0.39 is 11.7 Å². The van der Waals surface area contributed by atoms with E-state index in [4.69, 9.17) is 4.74 Å². The Kier molecular flexibility index (Phi) is 5.53. The highest BCUT2D eigenvalue weighted by Crippen LogP contribution is 2.29. The molecule has 0 bridgehead atoms. The van der Waals surface area contributed by atoms with E-state index in [2.05, 4.69) is 10.3 Å². The van der Waals surface area contributed by atoms with E-state index in [0.29, 0.717) is 25.3 Å². The zero-order valence-corrected chi connectivity index (χ0v) is 14.8. The second kappa shape index (κ2) is 7.85. The fraction of sp³-hybridized carbons (Fsp3) is 0.368. The van der Waals surface area contributed by atoms with E-state index in [9.17, 15) is 18.0 Å². The van der Waals surface area contributed by atoms with Gasteiger partial charge in [0.2, 0.25) is 5.91 Å². The van der Waals surface area contributed by atoms with Gasteiger partial charge in [-0.15, -0.1) is 0 Å². The van der Waals surface area contributed by atoms with Crippen molar-refractivity contribution in [2.75, 3.05) is 25.5 Å². The Bertz CT molecular complexity index is 776. The van der Waals surface area contributed by atoms with Gasteiger partial charge in [-0.2, -0.15) is 13.2 Å². The average Bonchev–Trinajstić information content (AvgIpc) is 2.99. The van der Waals surface area contributed by atoms with Crippen LogP contribution in [-0.4, -0.2) is 42.0 Å². The van der Waals surface area contributed by atoms with E-state index in [1.54, 1.807) is 12.0 Å². The quantitative estimate of drug-likeness (QED) is 0.836. The predicted octanol–water partition coefficient (Wildman–Crippen LogP) is 3.36. The van der Waals surface area contributed by atoms with Gasteiger partial charge in [0.05, 0.1) is 18.7 Å². The molecule has 8 heteroatoms. The molecule has 1 saturated heterocycles. The number of methoxy groups -OCH3 is 1. The molecular formula is C19H20F3N3O2. The van der Waals surface area contributed by atoms with Crippen molar-refractivity contribution in [2.24, 2.45) is 0 Å². The lowest BCUT2D eigenvalue weighted by Gasteiger charge is -2.17. The number of amides is 1. The van der Waals surface area contributed by atoms with Crippen LogP contribution in [0.2, 0.25) is 0 Å². The van der Waals surface area contributed by atoms with E-state index in [0.717, 1.165) is 30.0 Å². The summed E-state index contributed by atoms with van der Waals surface area (Å²) in [6.07, 6.45) is -2.60. The number of likely N-dealkylation sites (tertiary alicyclic amines) is 1. The molecular weight excluding hydrogens is 359 g/mol. The number of alkyl halides is 3. The molecule has 1 amide bonds. The summed E-state index contributed by atoms with van der Waals surface area (Å²) < 4.78 is 42.8. The van der Waals surface area contributed by atoms with Gasteiger partial charge in [0.15, 0.2) is 0 Å². The Morgan fingerprint density at radius 1 is 1.22 bits per heavy atom. The number of nitrogens with one attached hydrogen (secondary N) is 1. The maximum Gasteiger partial charge on any atom is 0.417 e. The first-order valence-electron chi connectivity index (χ1n) is 8.55. The smallest absolute Gasteiger partial charge is 0.417 e. The number of carbonyl (C=O) groups is 1. The Balaban J connectivity index is 1.52. The van der Waals surface area contributed by atoms with Gasteiger partial charge in [-0.05, 0) is 36.2 Å². The molecule has 144 valence electrons. The van der Waals surface area contributed by atoms with Crippen molar-refractivity contribution in [1.29, 1.82) is 0 Å². The molecule has 1 fully saturated rings. The number of anilines is 1. The van der Waals surface area contributed by atoms with Gasteiger partial charge >= 0.3 is 6.18 Å². The van der Waals surface area contributed by atoms with E-state index in [1.165, 1.54) is 6.07 Å². The fourth-order valence-corrected chi connectivity index (χ4v) is 3.00. The Labute approximate surface area is 155 Å². The number of hydrogen-bond acceptors (Lipinski definition) is 4. The van der Waals surface area contributed by atoms with Crippen molar-refractivity contribution in [1.82, 2.24) is 9.88 Å². The fourth-order valence-electron chi connectivity index (χ4n) is 3.00. The zero-order valence-electron chi connectivity index (χ0n) is 14.8. The summed E-state index contributed by atoms with van der Waals surface area (Å²) in [5.74, 6) is 1.13. The summed E-state index contributed by atoms with van der Waals surface area (Å²) in [4.78, 5) is 17.7. The third kappa shape index (κ3) is 4.90. The molecule has 1 aliphatic heterocycles. The number of ether oxygens (including phenoxy) is 1. The van der Waals surface area contributed by atoms with Gasteiger partial charge in [-0.1, -0.05) is 12.1 Å². The van der Waals surface area contributed by atoms with Gasteiger partial charge in [0.25, 0.3) is 0 Å². The third-order valence-electron chi connectivity index (χ3n) is 4.49. The molecule has 0 aliphatic carbocycles. The first-order valence-corrected chi connectivity index (χ1v) is 8.55. The van der Waals surface area contributed by atoms with Crippen molar-refractivity contribution in [3.8, 4) is 5.75 Å². The van der Waals surface area contributed by atoms with Gasteiger partial charge in [-0.25, -0.2) is 4.98 Å². The molecule has 5 nitrogen and oxygen atoms in total. The first kappa shape index (κ1) is 19.0. The molecule has 0 unspecified atom stereocenters. The van der Waals surface area contributed by atoms with Crippen LogP contribution >= 0.6 is 0 Å². The number of hydrogen-bond donors (Lipinski definition) is 1. The van der Waals surface area contributed by atoms with Crippen molar-refractivity contribution in [2.45, 2.75) is 25.1 Å². The van der Waals surface area contributed by atoms with Crippen LogP contribution in [0.25, 0.3) is 0 Å². The van der Waals surface area contributed by atoms with Crippen molar-refractivity contribution < 1.29 is 22.7 Å². The molecule has 1 aliphatic rings. The molecule has 1 aromatic heterocycles. The molecule has 3 rings (SSSR count). The maximum atomic E-state index is 12.6. The van der Waals surface area contributed by atoms with Crippen LogP contribution in [-0.2, 0) is 17.4 Å². The van der Waals surface area contributed by atoms with Gasteiger partial charge in [0.1, 0.15) is 11.6 Å². The van der Waals surface area contributed by atoms with Crippen LogP contribution in [0.3, 0.4) is 0 Å². The highest BCUT2D eigenvalue weighted by atomic mass is 19.4. The highest BCUT2D eigenvalue weighted by Gasteiger charge is 2.32. The number of rotatable bonds is 6. The minimum Gasteiger partial charge on any atom is -0.497 e. The maximum absolute atomic E-state index is 12.6. The molecule has 1 N–H and O–H groups in total. The molecule has 27 heavy (non-hydrogen) atoms. The van der Waals surface area contributed by atoms with E-state index in [1.807, 2.05) is 24.3 Å². The second-order valence-electron chi connectivity index (χ2n) is 6.41. The van der Waals surface area contributed by atoms with Gasteiger partial charge in [0, 0.05) is 25.7 Å². The monoisotopic (exact) mass is 379 g/mol. The van der Waals surface area contributed by atoms with Crippen LogP contribution in [0, 0.1) is 0 Å². The lowest BCUT2D eigenvalue weighted by Crippen LogP contribution is -2.30. The lowest BCUT2D eigenvalue weighted by atomic mass is 10.1. The summed E-state index contributed by atoms with van der Waals surface area (Å²) in [6, 6.07) is 9.77. The highest BCUT2D eigenvalue weighted by molar-refractivity contribution is 5.80. The summed E-state index contributed by atoms with van der Waals surface area (Å²) >= 11 is 0. The van der Waals surface area contributed by atoms with Crippen LogP contribution in [0.1, 0.15) is 17.5 Å². The molecule has 0 spiro atoms. The van der Waals surface area contributed by atoms with Crippen molar-refractivity contribution in [3.05, 3.63) is 53.7 Å². The topological polar surface area (TPSA) is 54.5 Å². The van der Waals surface area contributed by atoms with Crippen LogP contribution in [0.5, 0.6) is 5.75 Å². The van der Waals surface area contributed by atoms with Crippen LogP contribution in [0.15, 0.2) is 42.6 Å². The van der Waals surface area contributed by atoms with E-state index in [-0.39, 0.29) is 11.9 Å². The Morgan fingerprint density at radius 3 is 2.56 bits per heavy atom. The predicted molar refractivity (Wildman–Crippen MR) is 94.5 cm³/mol. The molecule has 1 atom stereocenters. The number of pyridine rings is 1. The summed E-state index contributed by atoms with van der Waals surface area (Å²) in [6.45, 7) is 1.08. The molecule has 2 aromatic rings. The Morgan fingerprint density at radius 2 is 1.96 bits per heavy atom. The number of benzene rings is 1. The second-order valence-corrected chi connectivity index (χ2v) is 6.41. The van der Waals surface area contributed by atoms with Crippen molar-refractivity contribution >= 4 is 11.7 Å². The number of carbonyl (C=O) groups excluding carboxylic acids is 1. The van der Waals surface area contributed by atoms with E-state index >= 15 is 0 Å². The van der Waals surface area contributed by atoms with Crippen LogP contribution < -0.4 is 10.1 Å². The molecule has 2 heterocycles. The first-order chi connectivity index (χ1) is 12.8. The minimum absolute atomic E-state index is 0.0212. The number of aromatic nitrogens is 1. The number of nitrogens with zero attached hydrogens (tertiary/aromatic N) is 2. The lowest BCUT2D eigenvalue weighted by molar-refractivity contribution is -0.137. The Hall–Kier alpha value is -2.77. The number of halogens is 3. The largest absolute Gasteiger partial charge is 0.497 e. The molecule has 1 aromatic carbocycles. The van der Waals surface area contributed by atoms with Crippen molar-refractivity contribution in [3.63, 3.8) is 0 Å². The summed E-state index contributed by atoms with van der Waals surface area (Å²) in [5, 5.41) is 3.04. The SMILES string of the molecule is COc1ccc(CCN2C[C@@H](Nc3ccc(C(F)(F)F)cn3)CC2=O)cc1. The molecule has 0 radical (unpaired) electrons. The minimum atomic E-state index is -4.41. The molecule has 0 saturated carbocycles. The van der Waals surface area contributed by atoms with Crippen LogP contribution in [0.4, 0.5) is 19.0 Å². The van der Waals surface area contributed by atoms with Gasteiger partial charge in [-0.3, -0.25) is 4.79 Å². The summed E-state index contributed by atoms with van der Waals surface area (Å²) in [7, 11) is 1.61. The zero-order chi connectivity index (χ0) is 19.4. The standard InChI is InChI=1S/C19H20F3N3O2/c1-27-16-5-2-13(3-6-16)8-9-25-12-15(10-18(25)26)24-17-7-4-14(11-23-17)19(20,21)22/h2-7,11,15H,8-10,12H2,1H3,(H,23,24)/t15-/m0/s1. The van der Waals surface area contributed by atoms with Gasteiger partial charge < -0.3 is 15.0 Å². The average molecular weight is 379 g/mol.